The molecule has 3 N–H and O–H groups in total. The fourth-order valence-electron chi connectivity index (χ4n) is 3.27. The lowest BCUT2D eigenvalue weighted by atomic mass is 9.87. The molecule has 0 radical (unpaired) electrons. The number of benzene rings is 2. The van der Waals surface area contributed by atoms with E-state index in [0.717, 1.165) is 42.5 Å². The molecule has 0 heterocycles. The lowest BCUT2D eigenvalue weighted by Crippen LogP contribution is -2.31. The highest BCUT2D eigenvalue weighted by Crippen LogP contribution is 2.31. The van der Waals surface area contributed by atoms with Crippen LogP contribution in [0.1, 0.15) is 52.9 Å². The normalized spacial score (nSPS) is 16.9. The maximum absolute atomic E-state index is 12.6. The van der Waals surface area contributed by atoms with Crippen LogP contribution in [0.5, 0.6) is 0 Å². The predicted octanol–water partition coefficient (Wildman–Crippen LogP) is 3.64. The molecule has 0 aliphatic heterocycles. The average Bonchev–Trinajstić information content (AvgIpc) is 2.54. The summed E-state index contributed by atoms with van der Waals surface area (Å²) in [5.41, 5.74) is 11.0. The van der Waals surface area contributed by atoms with Crippen LogP contribution in [0.15, 0.2) is 42.5 Å². The van der Waals surface area contributed by atoms with E-state index >= 15 is 0 Å². The Kier molecular flexibility index (Phi) is 4.14. The number of carbonyl (C=O) groups excluding carboxylic acids is 1. The van der Waals surface area contributed by atoms with Crippen molar-refractivity contribution in [1.82, 2.24) is 5.32 Å². The first-order valence-corrected chi connectivity index (χ1v) is 7.96. The standard InChI is InChI=1S/C19H22N2O/c1-2-13-6-3-4-8-17(13)19(22)21-18-9-5-7-14-12-15(20)10-11-16(14)18/h3-4,6,8,10-12,18H,2,5,7,9,20H2,1H3,(H,21,22). The molecular formula is C19H22N2O. The molecule has 2 aromatic carbocycles. The van der Waals surface area contributed by atoms with E-state index in [2.05, 4.69) is 18.3 Å². The zero-order valence-electron chi connectivity index (χ0n) is 12.9. The Morgan fingerprint density at radius 1 is 1.27 bits per heavy atom. The number of rotatable bonds is 3. The van der Waals surface area contributed by atoms with Crippen LogP contribution in [0, 0.1) is 0 Å². The summed E-state index contributed by atoms with van der Waals surface area (Å²) in [7, 11) is 0. The molecule has 1 atom stereocenters. The van der Waals surface area contributed by atoms with Gasteiger partial charge in [-0.25, -0.2) is 0 Å². The van der Waals surface area contributed by atoms with Gasteiger partial charge in [0, 0.05) is 11.3 Å². The first kappa shape index (κ1) is 14.6. The molecule has 3 nitrogen and oxygen atoms in total. The maximum Gasteiger partial charge on any atom is 0.252 e. The summed E-state index contributed by atoms with van der Waals surface area (Å²) in [6, 6.07) is 13.9. The van der Waals surface area contributed by atoms with Crippen molar-refractivity contribution in [1.29, 1.82) is 0 Å². The van der Waals surface area contributed by atoms with Gasteiger partial charge in [-0.05, 0) is 60.6 Å². The van der Waals surface area contributed by atoms with Crippen LogP contribution in [0.25, 0.3) is 0 Å². The van der Waals surface area contributed by atoms with Crippen LogP contribution in [0.4, 0.5) is 5.69 Å². The lowest BCUT2D eigenvalue weighted by Gasteiger charge is -2.27. The van der Waals surface area contributed by atoms with Gasteiger partial charge in [0.15, 0.2) is 0 Å². The first-order chi connectivity index (χ1) is 10.7. The third-order valence-corrected chi connectivity index (χ3v) is 4.43. The topological polar surface area (TPSA) is 55.1 Å². The van der Waals surface area contributed by atoms with E-state index < -0.39 is 0 Å². The van der Waals surface area contributed by atoms with Crippen LogP contribution >= 0.6 is 0 Å². The summed E-state index contributed by atoms with van der Waals surface area (Å²) in [6.07, 6.45) is 3.97. The molecule has 1 aliphatic rings. The van der Waals surface area contributed by atoms with Gasteiger partial charge in [-0.1, -0.05) is 31.2 Å². The second-order valence-corrected chi connectivity index (χ2v) is 5.89. The number of nitrogens with two attached hydrogens (primary N) is 1. The van der Waals surface area contributed by atoms with Crippen molar-refractivity contribution >= 4 is 11.6 Å². The predicted molar refractivity (Wildman–Crippen MR) is 89.8 cm³/mol. The molecule has 0 saturated heterocycles. The van der Waals surface area contributed by atoms with Crippen LogP contribution in [-0.2, 0) is 12.8 Å². The van der Waals surface area contributed by atoms with Crippen molar-refractivity contribution < 1.29 is 4.79 Å². The van der Waals surface area contributed by atoms with E-state index in [1.165, 1.54) is 11.1 Å². The van der Waals surface area contributed by atoms with Gasteiger partial charge in [-0.2, -0.15) is 0 Å². The summed E-state index contributed by atoms with van der Waals surface area (Å²) < 4.78 is 0. The SMILES string of the molecule is CCc1ccccc1C(=O)NC1CCCc2cc(N)ccc21. The molecular weight excluding hydrogens is 272 g/mol. The molecule has 0 spiro atoms. The third kappa shape index (κ3) is 2.84. The minimum Gasteiger partial charge on any atom is -0.399 e. The highest BCUT2D eigenvalue weighted by molar-refractivity contribution is 5.96. The molecule has 0 bridgehead atoms. The summed E-state index contributed by atoms with van der Waals surface area (Å²) in [6.45, 7) is 2.07. The van der Waals surface area contributed by atoms with E-state index in [0.29, 0.717) is 0 Å². The molecule has 3 heteroatoms. The van der Waals surface area contributed by atoms with Crippen LogP contribution in [-0.4, -0.2) is 5.91 Å². The molecule has 114 valence electrons. The molecule has 0 saturated carbocycles. The van der Waals surface area contributed by atoms with Crippen LogP contribution in [0.2, 0.25) is 0 Å². The molecule has 3 rings (SSSR count). The number of carbonyl (C=O) groups is 1. The summed E-state index contributed by atoms with van der Waals surface area (Å²) >= 11 is 0. The van der Waals surface area contributed by atoms with Crippen molar-refractivity contribution in [3.8, 4) is 0 Å². The van der Waals surface area contributed by atoms with Crippen molar-refractivity contribution in [2.45, 2.75) is 38.6 Å². The van der Waals surface area contributed by atoms with E-state index in [4.69, 9.17) is 5.73 Å². The Morgan fingerprint density at radius 2 is 2.09 bits per heavy atom. The van der Waals surface area contributed by atoms with E-state index in [-0.39, 0.29) is 11.9 Å². The number of hydrogen-bond donors (Lipinski definition) is 2. The second kappa shape index (κ2) is 6.22. The number of nitrogen functional groups attached to an aromatic ring is 1. The lowest BCUT2D eigenvalue weighted by molar-refractivity contribution is 0.0932. The molecule has 2 aromatic rings. The zero-order valence-corrected chi connectivity index (χ0v) is 12.9. The Hall–Kier alpha value is -2.29. The number of hydrogen-bond acceptors (Lipinski definition) is 2. The van der Waals surface area contributed by atoms with Gasteiger partial charge < -0.3 is 11.1 Å². The number of nitrogens with one attached hydrogen (secondary N) is 1. The molecule has 0 aromatic heterocycles. The van der Waals surface area contributed by atoms with Gasteiger partial charge >= 0.3 is 0 Å². The Bertz CT molecular complexity index is 694. The minimum absolute atomic E-state index is 0.0205. The molecule has 1 amide bonds. The quantitative estimate of drug-likeness (QED) is 0.849. The first-order valence-electron chi connectivity index (χ1n) is 7.96. The highest BCUT2D eigenvalue weighted by atomic mass is 16.1. The maximum atomic E-state index is 12.6. The fourth-order valence-corrected chi connectivity index (χ4v) is 3.27. The number of amides is 1. The van der Waals surface area contributed by atoms with Gasteiger partial charge in [0.1, 0.15) is 0 Å². The number of aryl methyl sites for hydroxylation is 2. The summed E-state index contributed by atoms with van der Waals surface area (Å²) in [5.74, 6) is 0.0205. The van der Waals surface area contributed by atoms with Gasteiger partial charge in [0.05, 0.1) is 6.04 Å². The fraction of sp³-hybridized carbons (Fsp3) is 0.316. The van der Waals surface area contributed by atoms with Crippen LogP contribution < -0.4 is 11.1 Å². The van der Waals surface area contributed by atoms with Gasteiger partial charge in [-0.3, -0.25) is 4.79 Å². The largest absolute Gasteiger partial charge is 0.399 e. The number of fused-ring (bicyclic) bond motifs is 1. The number of anilines is 1. The minimum atomic E-state index is 0.0205. The average molecular weight is 294 g/mol. The molecule has 1 unspecified atom stereocenters. The van der Waals surface area contributed by atoms with Gasteiger partial charge in [-0.15, -0.1) is 0 Å². The van der Waals surface area contributed by atoms with Crippen molar-refractivity contribution in [3.05, 3.63) is 64.7 Å². The highest BCUT2D eigenvalue weighted by Gasteiger charge is 2.23. The van der Waals surface area contributed by atoms with Crippen molar-refractivity contribution in [3.63, 3.8) is 0 Å². The summed E-state index contributed by atoms with van der Waals surface area (Å²) in [4.78, 5) is 12.6. The van der Waals surface area contributed by atoms with Crippen LogP contribution in [0.3, 0.4) is 0 Å². The Balaban J connectivity index is 1.84. The molecule has 22 heavy (non-hydrogen) atoms. The van der Waals surface area contributed by atoms with Gasteiger partial charge in [0.25, 0.3) is 5.91 Å². The summed E-state index contributed by atoms with van der Waals surface area (Å²) in [5, 5.41) is 3.21. The smallest absolute Gasteiger partial charge is 0.252 e. The zero-order chi connectivity index (χ0) is 15.5. The Morgan fingerprint density at radius 3 is 2.91 bits per heavy atom. The third-order valence-electron chi connectivity index (χ3n) is 4.43. The Labute approximate surface area is 131 Å². The molecule has 0 fully saturated rings. The monoisotopic (exact) mass is 294 g/mol. The van der Waals surface area contributed by atoms with Crippen molar-refractivity contribution in [2.75, 3.05) is 5.73 Å². The van der Waals surface area contributed by atoms with E-state index in [1.807, 2.05) is 36.4 Å². The van der Waals surface area contributed by atoms with E-state index in [1.54, 1.807) is 0 Å². The van der Waals surface area contributed by atoms with Crippen molar-refractivity contribution in [2.24, 2.45) is 0 Å². The van der Waals surface area contributed by atoms with Gasteiger partial charge in [0.2, 0.25) is 0 Å². The molecule has 1 aliphatic carbocycles. The second-order valence-electron chi connectivity index (χ2n) is 5.89. The van der Waals surface area contributed by atoms with E-state index in [9.17, 15) is 4.79 Å².